The number of hydrogen-bond donors (Lipinski definition) is 2. The van der Waals surface area contributed by atoms with Gasteiger partial charge in [-0.2, -0.15) is 5.10 Å². The number of anilines is 1. The number of hydrogen-bond acceptors (Lipinski definition) is 4. The quantitative estimate of drug-likeness (QED) is 0.774. The Kier molecular flexibility index (Phi) is 3.86. The molecule has 2 N–H and O–H groups in total. The van der Waals surface area contributed by atoms with Crippen LogP contribution in [0.15, 0.2) is 36.7 Å². The predicted octanol–water partition coefficient (Wildman–Crippen LogP) is 2.85. The second-order valence-corrected chi connectivity index (χ2v) is 5.95. The van der Waals surface area contributed by atoms with Crippen LogP contribution in [0.4, 0.5) is 5.69 Å². The number of nitrogens with zero attached hydrogens (tertiary/aromatic N) is 2. The van der Waals surface area contributed by atoms with E-state index in [0.717, 1.165) is 52.9 Å². The van der Waals surface area contributed by atoms with E-state index < -0.39 is 0 Å². The van der Waals surface area contributed by atoms with Crippen LogP contribution in [0.3, 0.4) is 0 Å². The molecule has 6 heteroatoms. The largest absolute Gasteiger partial charge is 0.483 e. The van der Waals surface area contributed by atoms with E-state index in [9.17, 15) is 4.79 Å². The number of H-pyrrole nitrogens is 1. The van der Waals surface area contributed by atoms with Crippen LogP contribution in [-0.2, 0) is 17.6 Å². The van der Waals surface area contributed by atoms with Gasteiger partial charge < -0.3 is 10.1 Å². The smallest absolute Gasteiger partial charge is 0.262 e. The number of carbonyl (C=O) groups excluding carboxylic acids is 1. The molecule has 4 rings (SSSR count). The zero-order valence-electron chi connectivity index (χ0n) is 13.2. The number of amides is 1. The first-order chi connectivity index (χ1) is 11.8. The van der Waals surface area contributed by atoms with Crippen molar-refractivity contribution in [3.63, 3.8) is 0 Å². The number of aromatic nitrogens is 3. The first-order valence-electron chi connectivity index (χ1n) is 8.12. The maximum Gasteiger partial charge on any atom is 0.262 e. The monoisotopic (exact) mass is 322 g/mol. The normalized spacial score (nSPS) is 13.5. The Balaban J connectivity index is 1.41. The van der Waals surface area contributed by atoms with Crippen LogP contribution >= 0.6 is 0 Å². The third-order valence-electron chi connectivity index (χ3n) is 4.28. The molecule has 0 unspecified atom stereocenters. The van der Waals surface area contributed by atoms with Crippen molar-refractivity contribution in [1.29, 1.82) is 0 Å². The fourth-order valence-electron chi connectivity index (χ4n) is 3.08. The maximum atomic E-state index is 12.2. The summed E-state index contributed by atoms with van der Waals surface area (Å²) in [6.45, 7) is -0.0164. The molecule has 2 heterocycles. The molecule has 0 saturated heterocycles. The van der Waals surface area contributed by atoms with E-state index in [0.29, 0.717) is 0 Å². The summed E-state index contributed by atoms with van der Waals surface area (Å²) >= 11 is 0. The third kappa shape index (κ3) is 2.95. The number of nitrogens with one attached hydrogen (secondary N) is 2. The van der Waals surface area contributed by atoms with E-state index in [1.54, 1.807) is 12.4 Å². The van der Waals surface area contributed by atoms with Gasteiger partial charge in [-0.3, -0.25) is 14.9 Å². The van der Waals surface area contributed by atoms with Crippen LogP contribution in [0.1, 0.15) is 24.1 Å². The Bertz CT molecular complexity index is 888. The second kappa shape index (κ2) is 6.31. The van der Waals surface area contributed by atoms with Gasteiger partial charge in [-0.15, -0.1) is 0 Å². The summed E-state index contributed by atoms with van der Waals surface area (Å²) in [5.74, 6) is 0.592. The minimum Gasteiger partial charge on any atom is -0.483 e. The lowest BCUT2D eigenvalue weighted by molar-refractivity contribution is -0.118. The van der Waals surface area contributed by atoms with Gasteiger partial charge in [0.05, 0.1) is 11.7 Å². The van der Waals surface area contributed by atoms with Crippen molar-refractivity contribution in [3.8, 4) is 5.75 Å². The number of fused-ring (bicyclic) bond motifs is 2. The van der Waals surface area contributed by atoms with Crippen LogP contribution in [0.25, 0.3) is 10.9 Å². The molecule has 122 valence electrons. The maximum absolute atomic E-state index is 12.2. The highest BCUT2D eigenvalue weighted by molar-refractivity contribution is 5.94. The summed E-state index contributed by atoms with van der Waals surface area (Å²) in [5.41, 5.74) is 3.85. The molecule has 1 aliphatic rings. The number of rotatable bonds is 4. The van der Waals surface area contributed by atoms with E-state index in [1.807, 2.05) is 24.3 Å². The molecule has 0 radical (unpaired) electrons. The van der Waals surface area contributed by atoms with E-state index in [4.69, 9.17) is 4.74 Å². The number of aryl methyl sites for hydroxylation is 1. The van der Waals surface area contributed by atoms with Crippen LogP contribution < -0.4 is 10.1 Å². The molecule has 0 spiro atoms. The fraction of sp³-hybridized carbons (Fsp3) is 0.278. The molecular formula is C18H18N4O2. The summed E-state index contributed by atoms with van der Waals surface area (Å²) in [4.78, 5) is 16.6. The van der Waals surface area contributed by atoms with Crippen LogP contribution in [0, 0.1) is 0 Å². The van der Waals surface area contributed by atoms with E-state index in [2.05, 4.69) is 20.5 Å². The van der Waals surface area contributed by atoms with Crippen molar-refractivity contribution in [2.45, 2.75) is 25.7 Å². The molecule has 0 atom stereocenters. The van der Waals surface area contributed by atoms with Gasteiger partial charge in [0.1, 0.15) is 5.75 Å². The van der Waals surface area contributed by atoms with E-state index in [-0.39, 0.29) is 12.5 Å². The lowest BCUT2D eigenvalue weighted by atomic mass is 9.95. The number of aromatic amines is 1. The van der Waals surface area contributed by atoms with Gasteiger partial charge in [0, 0.05) is 28.5 Å². The molecule has 0 aliphatic heterocycles. The number of benzene rings is 1. The van der Waals surface area contributed by atoms with Crippen molar-refractivity contribution >= 4 is 22.5 Å². The van der Waals surface area contributed by atoms with Gasteiger partial charge in [-0.25, -0.2) is 0 Å². The Morgan fingerprint density at radius 1 is 1.25 bits per heavy atom. The predicted molar refractivity (Wildman–Crippen MR) is 91.1 cm³/mol. The van der Waals surface area contributed by atoms with E-state index >= 15 is 0 Å². The van der Waals surface area contributed by atoms with E-state index in [1.165, 1.54) is 6.42 Å². The molecule has 2 aromatic heterocycles. The number of pyridine rings is 1. The fourth-order valence-corrected chi connectivity index (χ4v) is 3.08. The molecule has 6 nitrogen and oxygen atoms in total. The average Bonchev–Trinajstić information content (AvgIpc) is 3.07. The van der Waals surface area contributed by atoms with Crippen molar-refractivity contribution in [2.24, 2.45) is 0 Å². The first-order valence-corrected chi connectivity index (χ1v) is 8.12. The third-order valence-corrected chi connectivity index (χ3v) is 4.28. The van der Waals surface area contributed by atoms with Crippen molar-refractivity contribution in [1.82, 2.24) is 15.2 Å². The standard InChI is InChI=1S/C18H18N4O2/c23-18(21-13-6-5-12-10-20-22-16(12)9-13)11-24-17-7-8-19-15-4-2-1-3-14(15)17/h5-10H,1-4,11H2,(H,20,22)(H,21,23). The zero-order valence-corrected chi connectivity index (χ0v) is 13.2. The van der Waals surface area contributed by atoms with Gasteiger partial charge in [-0.1, -0.05) is 0 Å². The molecular weight excluding hydrogens is 304 g/mol. The Morgan fingerprint density at radius 3 is 3.12 bits per heavy atom. The second-order valence-electron chi connectivity index (χ2n) is 5.95. The molecule has 0 bridgehead atoms. The van der Waals surface area contributed by atoms with Gasteiger partial charge in [-0.05, 0) is 49.9 Å². The Labute approximate surface area is 139 Å². The van der Waals surface area contributed by atoms with Crippen molar-refractivity contribution < 1.29 is 9.53 Å². The highest BCUT2D eigenvalue weighted by Gasteiger charge is 2.16. The molecule has 1 aliphatic carbocycles. The average molecular weight is 322 g/mol. The number of ether oxygens (including phenoxy) is 1. The SMILES string of the molecule is O=C(COc1ccnc2c1CCCC2)Nc1ccc2cn[nH]c2c1. The molecule has 24 heavy (non-hydrogen) atoms. The van der Waals surface area contributed by atoms with Gasteiger partial charge in [0.2, 0.25) is 0 Å². The van der Waals surface area contributed by atoms with Crippen LogP contribution in [0.2, 0.25) is 0 Å². The molecule has 0 fully saturated rings. The topological polar surface area (TPSA) is 79.9 Å². The summed E-state index contributed by atoms with van der Waals surface area (Å²) in [5, 5.41) is 10.7. The van der Waals surface area contributed by atoms with Gasteiger partial charge in [0.15, 0.2) is 6.61 Å². The number of carbonyl (C=O) groups is 1. The highest BCUT2D eigenvalue weighted by atomic mass is 16.5. The first kappa shape index (κ1) is 14.7. The van der Waals surface area contributed by atoms with Crippen LogP contribution in [0.5, 0.6) is 5.75 Å². The minimum atomic E-state index is -0.185. The van der Waals surface area contributed by atoms with Gasteiger partial charge in [0.25, 0.3) is 5.91 Å². The Morgan fingerprint density at radius 2 is 2.17 bits per heavy atom. The molecule has 0 saturated carbocycles. The summed E-state index contributed by atoms with van der Waals surface area (Å²) in [6, 6.07) is 7.46. The highest BCUT2D eigenvalue weighted by Crippen LogP contribution is 2.27. The zero-order chi connectivity index (χ0) is 16.4. The summed E-state index contributed by atoms with van der Waals surface area (Å²) in [7, 11) is 0. The minimum absolute atomic E-state index is 0.0164. The summed E-state index contributed by atoms with van der Waals surface area (Å²) < 4.78 is 5.74. The summed E-state index contributed by atoms with van der Waals surface area (Å²) in [6.07, 6.45) is 7.77. The van der Waals surface area contributed by atoms with Crippen molar-refractivity contribution in [3.05, 3.63) is 47.9 Å². The van der Waals surface area contributed by atoms with Gasteiger partial charge >= 0.3 is 0 Å². The van der Waals surface area contributed by atoms with Crippen molar-refractivity contribution in [2.75, 3.05) is 11.9 Å². The molecule has 1 aromatic carbocycles. The lowest BCUT2D eigenvalue weighted by Crippen LogP contribution is -2.21. The lowest BCUT2D eigenvalue weighted by Gasteiger charge is -2.18. The van der Waals surface area contributed by atoms with Crippen LogP contribution in [-0.4, -0.2) is 27.7 Å². The Hall–Kier alpha value is -2.89. The molecule has 1 amide bonds. The molecule has 3 aromatic rings.